The minimum absolute atomic E-state index is 1.12. The van der Waals surface area contributed by atoms with Gasteiger partial charge < -0.3 is 0 Å². The summed E-state index contributed by atoms with van der Waals surface area (Å²) < 4.78 is 0. The molecule has 0 fully saturated rings. The first kappa shape index (κ1) is 8.66. The summed E-state index contributed by atoms with van der Waals surface area (Å²) in [7, 11) is 0. The Balaban J connectivity index is 2.52. The van der Waals surface area contributed by atoms with E-state index >= 15 is 0 Å². The summed E-state index contributed by atoms with van der Waals surface area (Å²) in [6, 6.07) is 8.61. The standard InChI is InChI=1S/C10H13S/c1-3-8-11-10-6-4-9(2)5-7-10/h4-8H,3H2,1-2H3. The van der Waals surface area contributed by atoms with Crippen molar-refractivity contribution < 1.29 is 0 Å². The van der Waals surface area contributed by atoms with Gasteiger partial charge in [0.2, 0.25) is 0 Å². The minimum Gasteiger partial charge on any atom is -0.122 e. The molecule has 1 aromatic carbocycles. The van der Waals surface area contributed by atoms with Crippen LogP contribution < -0.4 is 0 Å². The lowest BCUT2D eigenvalue weighted by Crippen LogP contribution is -1.72. The van der Waals surface area contributed by atoms with Gasteiger partial charge in [-0.3, -0.25) is 0 Å². The normalized spacial score (nSPS) is 10.0. The Bertz CT molecular complexity index is 201. The van der Waals surface area contributed by atoms with Crippen molar-refractivity contribution in [1.29, 1.82) is 0 Å². The second kappa shape index (κ2) is 4.45. The van der Waals surface area contributed by atoms with Crippen molar-refractivity contribution in [2.75, 3.05) is 0 Å². The van der Waals surface area contributed by atoms with Crippen molar-refractivity contribution in [3.63, 3.8) is 0 Å². The lowest BCUT2D eigenvalue weighted by atomic mass is 10.2. The fourth-order valence-corrected chi connectivity index (χ4v) is 1.45. The Hall–Kier alpha value is -0.430. The molecule has 1 aromatic rings. The van der Waals surface area contributed by atoms with Crippen LogP contribution in [0.5, 0.6) is 0 Å². The van der Waals surface area contributed by atoms with Crippen LogP contribution in [0.15, 0.2) is 29.2 Å². The van der Waals surface area contributed by atoms with Crippen LogP contribution in [0.1, 0.15) is 18.9 Å². The van der Waals surface area contributed by atoms with Crippen molar-refractivity contribution >= 4 is 11.8 Å². The third kappa shape index (κ3) is 2.98. The number of aryl methyl sites for hydroxylation is 1. The van der Waals surface area contributed by atoms with E-state index in [0.29, 0.717) is 0 Å². The van der Waals surface area contributed by atoms with Crippen LogP contribution in [0.25, 0.3) is 0 Å². The summed E-state index contributed by atoms with van der Waals surface area (Å²) in [5.74, 6) is 2.21. The third-order valence-electron chi connectivity index (χ3n) is 1.41. The lowest BCUT2D eigenvalue weighted by molar-refractivity contribution is 1.20. The van der Waals surface area contributed by atoms with E-state index in [2.05, 4.69) is 43.9 Å². The van der Waals surface area contributed by atoms with E-state index in [-0.39, 0.29) is 0 Å². The van der Waals surface area contributed by atoms with Crippen molar-refractivity contribution in [2.24, 2.45) is 0 Å². The Kier molecular flexibility index (Phi) is 3.50. The van der Waals surface area contributed by atoms with Gasteiger partial charge in [-0.05, 0) is 25.5 Å². The molecular weight excluding hydrogens is 152 g/mol. The average molecular weight is 165 g/mol. The summed E-state index contributed by atoms with van der Waals surface area (Å²) in [6.07, 6.45) is 1.12. The summed E-state index contributed by atoms with van der Waals surface area (Å²) in [5.41, 5.74) is 1.32. The van der Waals surface area contributed by atoms with Gasteiger partial charge in [-0.25, -0.2) is 0 Å². The lowest BCUT2D eigenvalue weighted by Gasteiger charge is -1.98. The van der Waals surface area contributed by atoms with Crippen molar-refractivity contribution in [1.82, 2.24) is 0 Å². The number of thioether (sulfide) groups is 1. The molecule has 0 saturated heterocycles. The maximum Gasteiger partial charge on any atom is 0.0214 e. The highest BCUT2D eigenvalue weighted by atomic mass is 32.2. The van der Waals surface area contributed by atoms with E-state index in [1.807, 2.05) is 0 Å². The highest BCUT2D eigenvalue weighted by Crippen LogP contribution is 2.21. The summed E-state index contributed by atoms with van der Waals surface area (Å²) >= 11 is 1.80. The zero-order chi connectivity index (χ0) is 8.10. The van der Waals surface area contributed by atoms with Gasteiger partial charge in [0.1, 0.15) is 0 Å². The molecule has 0 heterocycles. The first-order valence-electron chi connectivity index (χ1n) is 3.88. The van der Waals surface area contributed by atoms with Crippen LogP contribution in [-0.4, -0.2) is 0 Å². The monoisotopic (exact) mass is 165 g/mol. The van der Waals surface area contributed by atoms with Gasteiger partial charge in [0, 0.05) is 10.6 Å². The van der Waals surface area contributed by atoms with Crippen LogP contribution in [0.3, 0.4) is 0 Å². The topological polar surface area (TPSA) is 0 Å². The molecule has 0 aliphatic carbocycles. The van der Waals surface area contributed by atoms with Gasteiger partial charge in [0.15, 0.2) is 0 Å². The average Bonchev–Trinajstić information content (AvgIpc) is 2.04. The quantitative estimate of drug-likeness (QED) is 0.616. The van der Waals surface area contributed by atoms with E-state index in [1.165, 1.54) is 10.5 Å². The van der Waals surface area contributed by atoms with E-state index in [1.54, 1.807) is 11.8 Å². The molecule has 0 aromatic heterocycles. The zero-order valence-electron chi connectivity index (χ0n) is 7.00. The van der Waals surface area contributed by atoms with Gasteiger partial charge >= 0.3 is 0 Å². The molecule has 0 saturated carbocycles. The van der Waals surface area contributed by atoms with Gasteiger partial charge in [0.25, 0.3) is 0 Å². The molecule has 0 atom stereocenters. The molecule has 0 bridgehead atoms. The molecule has 1 heteroatoms. The zero-order valence-corrected chi connectivity index (χ0v) is 7.82. The molecule has 0 spiro atoms. The Morgan fingerprint density at radius 2 is 1.91 bits per heavy atom. The van der Waals surface area contributed by atoms with Crippen molar-refractivity contribution in [3.8, 4) is 0 Å². The largest absolute Gasteiger partial charge is 0.122 e. The van der Waals surface area contributed by atoms with Gasteiger partial charge in [-0.2, -0.15) is 0 Å². The van der Waals surface area contributed by atoms with Crippen LogP contribution in [-0.2, 0) is 0 Å². The van der Waals surface area contributed by atoms with Crippen LogP contribution in [0.2, 0.25) is 0 Å². The van der Waals surface area contributed by atoms with Crippen LogP contribution in [0.4, 0.5) is 0 Å². The molecule has 0 aliphatic rings. The fraction of sp³-hybridized carbons (Fsp3) is 0.300. The molecule has 11 heavy (non-hydrogen) atoms. The predicted molar refractivity (Wildman–Crippen MR) is 51.6 cm³/mol. The van der Waals surface area contributed by atoms with Crippen molar-refractivity contribution in [3.05, 3.63) is 35.6 Å². The second-order valence-corrected chi connectivity index (χ2v) is 3.55. The van der Waals surface area contributed by atoms with E-state index in [4.69, 9.17) is 0 Å². The molecule has 1 rings (SSSR count). The molecule has 1 radical (unpaired) electrons. The highest BCUT2D eigenvalue weighted by Gasteiger charge is 1.90. The van der Waals surface area contributed by atoms with Crippen molar-refractivity contribution in [2.45, 2.75) is 25.2 Å². The maximum absolute atomic E-state index is 2.21. The van der Waals surface area contributed by atoms with E-state index in [0.717, 1.165) is 6.42 Å². The van der Waals surface area contributed by atoms with E-state index in [9.17, 15) is 0 Å². The van der Waals surface area contributed by atoms with Crippen LogP contribution >= 0.6 is 11.8 Å². The predicted octanol–water partition coefficient (Wildman–Crippen LogP) is 3.66. The van der Waals surface area contributed by atoms with Gasteiger partial charge in [0.05, 0.1) is 0 Å². The Labute approximate surface area is 73.0 Å². The Morgan fingerprint density at radius 1 is 1.27 bits per heavy atom. The smallest absolute Gasteiger partial charge is 0.0214 e. The molecule has 0 aliphatic heterocycles. The summed E-state index contributed by atoms with van der Waals surface area (Å²) in [5, 5.41) is 0. The van der Waals surface area contributed by atoms with Gasteiger partial charge in [-0.1, -0.05) is 24.6 Å². The van der Waals surface area contributed by atoms with Gasteiger partial charge in [-0.15, -0.1) is 11.8 Å². The fourth-order valence-electron chi connectivity index (χ4n) is 0.796. The van der Waals surface area contributed by atoms with E-state index < -0.39 is 0 Å². The summed E-state index contributed by atoms with van der Waals surface area (Å²) in [6.45, 7) is 4.26. The summed E-state index contributed by atoms with van der Waals surface area (Å²) in [4.78, 5) is 1.33. The molecular formula is C10H13S. The molecule has 0 amide bonds. The molecule has 0 unspecified atom stereocenters. The third-order valence-corrected chi connectivity index (χ3v) is 2.45. The molecule has 0 nitrogen and oxygen atoms in total. The number of benzene rings is 1. The Morgan fingerprint density at radius 3 is 2.45 bits per heavy atom. The second-order valence-electron chi connectivity index (χ2n) is 2.51. The van der Waals surface area contributed by atoms with Crippen LogP contribution in [0, 0.1) is 12.7 Å². The minimum atomic E-state index is 1.12. The maximum atomic E-state index is 2.21. The highest BCUT2D eigenvalue weighted by molar-refractivity contribution is 8.01. The number of hydrogen-bond acceptors (Lipinski definition) is 1. The molecule has 0 N–H and O–H groups in total. The SMILES string of the molecule is CC[CH]Sc1ccc(C)cc1. The molecule has 59 valence electrons. The first-order valence-corrected chi connectivity index (χ1v) is 4.76. The number of rotatable bonds is 3. The number of hydrogen-bond donors (Lipinski definition) is 0. The first-order chi connectivity index (χ1) is 5.33.